The lowest BCUT2D eigenvalue weighted by Gasteiger charge is -2.27. The molecule has 0 radical (unpaired) electrons. The van der Waals surface area contributed by atoms with Gasteiger partial charge < -0.3 is 5.11 Å². The largest absolute Gasteiger partial charge is 0.480 e. The highest BCUT2D eigenvalue weighted by atomic mass is 35.5. The summed E-state index contributed by atoms with van der Waals surface area (Å²) in [6, 6.07) is 4.77. The molecule has 1 aliphatic carbocycles. The zero-order chi connectivity index (χ0) is 13.8. The van der Waals surface area contributed by atoms with E-state index in [9.17, 15) is 9.18 Å². The Balaban J connectivity index is 2.12. The van der Waals surface area contributed by atoms with Crippen molar-refractivity contribution < 1.29 is 14.3 Å². The maximum absolute atomic E-state index is 13.8. The Morgan fingerprint density at radius 2 is 2.11 bits per heavy atom. The lowest BCUT2D eigenvalue weighted by molar-refractivity contribution is -0.139. The number of carboxylic acid groups (broad SMARTS) is 1. The number of rotatable bonds is 5. The first kappa shape index (κ1) is 14.3. The molecule has 1 aromatic carbocycles. The van der Waals surface area contributed by atoms with Crippen molar-refractivity contribution in [3.63, 3.8) is 0 Å². The number of aliphatic carboxylic acids is 1. The lowest BCUT2D eigenvalue weighted by Crippen LogP contribution is -2.37. The number of carboxylic acids is 1. The van der Waals surface area contributed by atoms with Crippen LogP contribution in [0.5, 0.6) is 0 Å². The van der Waals surface area contributed by atoms with E-state index in [-0.39, 0.29) is 18.4 Å². The number of halogens is 2. The van der Waals surface area contributed by atoms with Crippen LogP contribution in [0.3, 0.4) is 0 Å². The summed E-state index contributed by atoms with van der Waals surface area (Å²) in [6.07, 6.45) is 4.21. The Labute approximate surface area is 117 Å². The highest BCUT2D eigenvalue weighted by Crippen LogP contribution is 2.25. The molecule has 104 valence electrons. The molecule has 0 spiro atoms. The summed E-state index contributed by atoms with van der Waals surface area (Å²) in [7, 11) is 0. The molecule has 3 nitrogen and oxygen atoms in total. The fourth-order valence-corrected chi connectivity index (χ4v) is 2.78. The smallest absolute Gasteiger partial charge is 0.317 e. The van der Waals surface area contributed by atoms with Gasteiger partial charge in [0.25, 0.3) is 0 Å². The van der Waals surface area contributed by atoms with Crippen molar-refractivity contribution in [1.82, 2.24) is 4.90 Å². The zero-order valence-corrected chi connectivity index (χ0v) is 11.4. The van der Waals surface area contributed by atoms with Crippen molar-refractivity contribution in [2.75, 3.05) is 6.54 Å². The molecule has 0 unspecified atom stereocenters. The summed E-state index contributed by atoms with van der Waals surface area (Å²) in [6.45, 7) is 0.271. The summed E-state index contributed by atoms with van der Waals surface area (Å²) in [5, 5.41) is 9.33. The van der Waals surface area contributed by atoms with E-state index < -0.39 is 5.97 Å². The maximum Gasteiger partial charge on any atom is 0.317 e. The van der Waals surface area contributed by atoms with Gasteiger partial charge in [-0.25, -0.2) is 4.39 Å². The third kappa shape index (κ3) is 3.91. The van der Waals surface area contributed by atoms with Crippen LogP contribution in [0, 0.1) is 5.82 Å². The predicted octanol–water partition coefficient (Wildman–Crippen LogP) is 3.31. The van der Waals surface area contributed by atoms with Crippen molar-refractivity contribution in [2.45, 2.75) is 38.3 Å². The van der Waals surface area contributed by atoms with E-state index in [1.165, 1.54) is 6.07 Å². The molecule has 1 aliphatic rings. The molecule has 0 atom stereocenters. The molecule has 2 rings (SSSR count). The van der Waals surface area contributed by atoms with E-state index in [0.29, 0.717) is 17.1 Å². The van der Waals surface area contributed by atoms with Crippen LogP contribution in [0.25, 0.3) is 0 Å². The Morgan fingerprint density at radius 3 is 2.68 bits per heavy atom. The van der Waals surface area contributed by atoms with Crippen molar-refractivity contribution in [3.8, 4) is 0 Å². The molecular formula is C14H17ClFNO2. The molecule has 5 heteroatoms. The molecular weight excluding hydrogens is 269 g/mol. The van der Waals surface area contributed by atoms with Gasteiger partial charge >= 0.3 is 5.97 Å². The first-order valence-electron chi connectivity index (χ1n) is 6.46. The lowest BCUT2D eigenvalue weighted by atomic mass is 10.1. The highest BCUT2D eigenvalue weighted by molar-refractivity contribution is 6.30. The van der Waals surface area contributed by atoms with E-state index in [1.807, 2.05) is 4.90 Å². The molecule has 0 saturated heterocycles. The van der Waals surface area contributed by atoms with E-state index >= 15 is 0 Å². The molecule has 0 bridgehead atoms. The Kier molecular flexibility index (Phi) is 4.77. The van der Waals surface area contributed by atoms with Crippen LogP contribution in [0.1, 0.15) is 31.2 Å². The maximum atomic E-state index is 13.8. The minimum absolute atomic E-state index is 0.0489. The van der Waals surface area contributed by atoms with Gasteiger partial charge in [0, 0.05) is 23.2 Å². The van der Waals surface area contributed by atoms with Crippen LogP contribution >= 0.6 is 11.6 Å². The fourth-order valence-electron chi connectivity index (χ4n) is 2.63. The Bertz CT molecular complexity index is 461. The number of hydrogen-bond donors (Lipinski definition) is 1. The minimum atomic E-state index is -0.874. The van der Waals surface area contributed by atoms with Crippen LogP contribution < -0.4 is 0 Å². The van der Waals surface area contributed by atoms with Gasteiger partial charge in [-0.05, 0) is 25.0 Å². The molecule has 0 aliphatic heterocycles. The quantitative estimate of drug-likeness (QED) is 0.902. The third-order valence-electron chi connectivity index (χ3n) is 3.57. The van der Waals surface area contributed by atoms with Gasteiger partial charge in [-0.15, -0.1) is 0 Å². The van der Waals surface area contributed by atoms with Crippen molar-refractivity contribution in [2.24, 2.45) is 0 Å². The second-order valence-electron chi connectivity index (χ2n) is 4.97. The monoisotopic (exact) mass is 285 g/mol. The van der Waals surface area contributed by atoms with Crippen LogP contribution in [-0.2, 0) is 11.3 Å². The number of hydrogen-bond acceptors (Lipinski definition) is 2. The van der Waals surface area contributed by atoms with Crippen LogP contribution in [-0.4, -0.2) is 28.6 Å². The predicted molar refractivity (Wildman–Crippen MR) is 71.7 cm³/mol. The average Bonchev–Trinajstić information content (AvgIpc) is 2.84. The Morgan fingerprint density at radius 1 is 1.42 bits per heavy atom. The van der Waals surface area contributed by atoms with Gasteiger partial charge in [-0.3, -0.25) is 9.69 Å². The van der Waals surface area contributed by atoms with Gasteiger partial charge in [-0.1, -0.05) is 30.5 Å². The van der Waals surface area contributed by atoms with E-state index in [0.717, 1.165) is 25.7 Å². The van der Waals surface area contributed by atoms with Crippen LogP contribution in [0.4, 0.5) is 4.39 Å². The van der Waals surface area contributed by atoms with Crippen molar-refractivity contribution in [1.29, 1.82) is 0 Å². The molecule has 0 heterocycles. The van der Waals surface area contributed by atoms with Crippen LogP contribution in [0.2, 0.25) is 5.02 Å². The van der Waals surface area contributed by atoms with Crippen LogP contribution in [0.15, 0.2) is 18.2 Å². The standard InChI is InChI=1S/C14H17ClFNO2/c15-11-6-5-10(13(16)7-11)8-17(9-14(18)19)12-3-1-2-4-12/h5-7,12H,1-4,8-9H2,(H,18,19). The zero-order valence-electron chi connectivity index (χ0n) is 10.6. The molecule has 0 amide bonds. The first-order valence-corrected chi connectivity index (χ1v) is 6.84. The summed E-state index contributed by atoms with van der Waals surface area (Å²) in [5.74, 6) is -1.25. The highest BCUT2D eigenvalue weighted by Gasteiger charge is 2.25. The normalized spacial score (nSPS) is 16.2. The number of nitrogens with zero attached hydrogens (tertiary/aromatic N) is 1. The third-order valence-corrected chi connectivity index (χ3v) is 3.80. The fraction of sp³-hybridized carbons (Fsp3) is 0.500. The molecule has 1 fully saturated rings. The molecule has 1 aromatic rings. The second-order valence-corrected chi connectivity index (χ2v) is 5.41. The molecule has 0 aromatic heterocycles. The number of carbonyl (C=O) groups is 1. The first-order chi connectivity index (χ1) is 9.06. The Hall–Kier alpha value is -1.13. The minimum Gasteiger partial charge on any atom is -0.480 e. The van der Waals surface area contributed by atoms with E-state index in [1.54, 1.807) is 12.1 Å². The molecule has 1 saturated carbocycles. The second kappa shape index (κ2) is 6.35. The van der Waals surface area contributed by atoms with Gasteiger partial charge in [0.05, 0.1) is 6.54 Å². The van der Waals surface area contributed by atoms with Crippen molar-refractivity contribution >= 4 is 17.6 Å². The van der Waals surface area contributed by atoms with Gasteiger partial charge in [0.15, 0.2) is 0 Å². The average molecular weight is 286 g/mol. The SMILES string of the molecule is O=C(O)CN(Cc1ccc(Cl)cc1F)C1CCCC1. The van der Waals surface area contributed by atoms with Gasteiger partial charge in [-0.2, -0.15) is 0 Å². The summed E-state index contributed by atoms with van der Waals surface area (Å²) < 4.78 is 13.8. The summed E-state index contributed by atoms with van der Waals surface area (Å²) in [5.41, 5.74) is 0.498. The van der Waals surface area contributed by atoms with Gasteiger partial charge in [0.1, 0.15) is 5.82 Å². The summed E-state index contributed by atoms with van der Waals surface area (Å²) in [4.78, 5) is 12.8. The van der Waals surface area contributed by atoms with E-state index in [4.69, 9.17) is 16.7 Å². The van der Waals surface area contributed by atoms with Crippen molar-refractivity contribution in [3.05, 3.63) is 34.6 Å². The van der Waals surface area contributed by atoms with E-state index in [2.05, 4.69) is 0 Å². The topological polar surface area (TPSA) is 40.5 Å². The summed E-state index contributed by atoms with van der Waals surface area (Å²) >= 11 is 5.72. The van der Waals surface area contributed by atoms with Gasteiger partial charge in [0.2, 0.25) is 0 Å². The number of benzene rings is 1. The molecule has 1 N–H and O–H groups in total. The molecule has 19 heavy (non-hydrogen) atoms.